The van der Waals surface area contributed by atoms with Crippen LogP contribution in [0.5, 0.6) is 0 Å². The van der Waals surface area contributed by atoms with Crippen molar-refractivity contribution in [3.05, 3.63) is 0 Å². The maximum atomic E-state index is 11.6. The molecule has 0 bridgehead atoms. The fourth-order valence-electron chi connectivity index (χ4n) is 1.62. The summed E-state index contributed by atoms with van der Waals surface area (Å²) in [6.45, 7) is 2.17. The number of carbonyl (C=O) groups is 2. The highest BCUT2D eigenvalue weighted by atomic mass is 16.5. The molecule has 1 heterocycles. The second kappa shape index (κ2) is 6.40. The van der Waals surface area contributed by atoms with Gasteiger partial charge in [-0.1, -0.05) is 0 Å². The van der Waals surface area contributed by atoms with E-state index in [1.54, 1.807) is 0 Å². The number of ether oxygens (including phenoxy) is 1. The lowest BCUT2D eigenvalue weighted by molar-refractivity contribution is -0.140. The first kappa shape index (κ1) is 12.0. The van der Waals surface area contributed by atoms with Gasteiger partial charge in [0.1, 0.15) is 0 Å². The zero-order chi connectivity index (χ0) is 11.1. The first-order chi connectivity index (χ1) is 7.24. The van der Waals surface area contributed by atoms with Crippen LogP contribution in [0.3, 0.4) is 0 Å². The molecule has 1 saturated heterocycles. The summed E-state index contributed by atoms with van der Waals surface area (Å²) in [4.78, 5) is 22.4. The van der Waals surface area contributed by atoms with E-state index < -0.39 is 0 Å². The molecule has 0 atom stereocenters. The molecule has 0 radical (unpaired) electrons. The Morgan fingerprint density at radius 1 is 1.40 bits per heavy atom. The largest absolute Gasteiger partial charge is 0.469 e. The molecule has 1 amide bonds. The molecule has 0 spiro atoms. The predicted molar refractivity (Wildman–Crippen MR) is 55.2 cm³/mol. The molecule has 0 aromatic carbocycles. The minimum atomic E-state index is -0.291. The Kier molecular flexibility index (Phi) is 5.10. The quantitative estimate of drug-likeness (QED) is 0.629. The number of esters is 1. The maximum Gasteiger partial charge on any atom is 0.307 e. The molecular formula is C10H18N2O3. The van der Waals surface area contributed by atoms with Gasteiger partial charge >= 0.3 is 5.97 Å². The Bertz CT molecular complexity index is 225. The van der Waals surface area contributed by atoms with Crippen LogP contribution in [0.15, 0.2) is 0 Å². The molecule has 1 aliphatic rings. The smallest absolute Gasteiger partial charge is 0.307 e. The Morgan fingerprint density at radius 3 is 2.67 bits per heavy atom. The van der Waals surface area contributed by atoms with Crippen molar-refractivity contribution in [2.45, 2.75) is 19.3 Å². The molecule has 1 rings (SSSR count). The molecule has 5 heteroatoms. The van der Waals surface area contributed by atoms with Crippen LogP contribution in [0, 0.1) is 5.92 Å². The highest BCUT2D eigenvalue weighted by Crippen LogP contribution is 2.10. The molecule has 86 valence electrons. The number of hydrogen-bond donors (Lipinski definition) is 2. The lowest BCUT2D eigenvalue weighted by atomic mass is 9.97. The van der Waals surface area contributed by atoms with Gasteiger partial charge in [0.25, 0.3) is 0 Å². The summed E-state index contributed by atoms with van der Waals surface area (Å²) in [7, 11) is 1.34. The normalized spacial score (nSPS) is 17.1. The monoisotopic (exact) mass is 214 g/mol. The van der Waals surface area contributed by atoms with Crippen LogP contribution in [0.2, 0.25) is 0 Å². The van der Waals surface area contributed by atoms with Crippen LogP contribution in [-0.2, 0) is 14.3 Å². The summed E-state index contributed by atoms with van der Waals surface area (Å²) in [5, 5.41) is 5.95. The van der Waals surface area contributed by atoms with Gasteiger partial charge in [-0.2, -0.15) is 0 Å². The summed E-state index contributed by atoms with van der Waals surface area (Å²) < 4.78 is 4.48. The molecule has 0 aromatic rings. The first-order valence-electron chi connectivity index (χ1n) is 5.29. The molecule has 0 unspecified atom stereocenters. The van der Waals surface area contributed by atoms with Crippen molar-refractivity contribution in [1.82, 2.24) is 10.6 Å². The fraction of sp³-hybridized carbons (Fsp3) is 0.800. The number of carbonyl (C=O) groups excluding carboxylic acids is 2. The van der Waals surface area contributed by atoms with Gasteiger partial charge in [-0.3, -0.25) is 9.59 Å². The molecule has 0 aliphatic carbocycles. The second-order valence-electron chi connectivity index (χ2n) is 3.64. The maximum absolute atomic E-state index is 11.6. The van der Waals surface area contributed by atoms with Crippen molar-refractivity contribution in [2.75, 3.05) is 26.7 Å². The van der Waals surface area contributed by atoms with Crippen LogP contribution >= 0.6 is 0 Å². The summed E-state index contributed by atoms with van der Waals surface area (Å²) >= 11 is 0. The minimum Gasteiger partial charge on any atom is -0.469 e. The van der Waals surface area contributed by atoms with E-state index in [2.05, 4.69) is 15.4 Å². The van der Waals surface area contributed by atoms with E-state index in [4.69, 9.17) is 0 Å². The predicted octanol–water partition coefficient (Wildman–Crippen LogP) is -0.335. The zero-order valence-electron chi connectivity index (χ0n) is 9.04. The molecule has 2 N–H and O–H groups in total. The van der Waals surface area contributed by atoms with E-state index in [-0.39, 0.29) is 24.2 Å². The minimum absolute atomic E-state index is 0.0559. The van der Waals surface area contributed by atoms with Crippen LogP contribution in [0.1, 0.15) is 19.3 Å². The van der Waals surface area contributed by atoms with Gasteiger partial charge in [-0.15, -0.1) is 0 Å². The zero-order valence-corrected chi connectivity index (χ0v) is 9.04. The second-order valence-corrected chi connectivity index (χ2v) is 3.64. The van der Waals surface area contributed by atoms with Crippen molar-refractivity contribution in [1.29, 1.82) is 0 Å². The van der Waals surface area contributed by atoms with Crippen LogP contribution < -0.4 is 10.6 Å². The molecule has 15 heavy (non-hydrogen) atoms. The van der Waals surface area contributed by atoms with E-state index in [0.717, 1.165) is 25.9 Å². The molecule has 1 fully saturated rings. The topological polar surface area (TPSA) is 67.4 Å². The van der Waals surface area contributed by atoms with E-state index >= 15 is 0 Å². The number of rotatable bonds is 4. The van der Waals surface area contributed by atoms with Gasteiger partial charge in [-0.05, 0) is 25.9 Å². The molecule has 5 nitrogen and oxygen atoms in total. The number of hydrogen-bond acceptors (Lipinski definition) is 4. The van der Waals surface area contributed by atoms with Crippen molar-refractivity contribution < 1.29 is 14.3 Å². The lowest BCUT2D eigenvalue weighted by Crippen LogP contribution is -2.38. The third-order valence-corrected chi connectivity index (χ3v) is 2.57. The van der Waals surface area contributed by atoms with Crippen molar-refractivity contribution in [2.24, 2.45) is 5.92 Å². The van der Waals surface area contributed by atoms with Gasteiger partial charge in [0, 0.05) is 12.5 Å². The van der Waals surface area contributed by atoms with Gasteiger partial charge in [-0.25, -0.2) is 0 Å². The molecule has 0 saturated carbocycles. The van der Waals surface area contributed by atoms with E-state index in [1.165, 1.54) is 7.11 Å². The summed E-state index contributed by atoms with van der Waals surface area (Å²) in [6.07, 6.45) is 2.00. The fourth-order valence-corrected chi connectivity index (χ4v) is 1.62. The summed E-state index contributed by atoms with van der Waals surface area (Å²) in [5.74, 6) is -0.134. The van der Waals surface area contributed by atoms with Gasteiger partial charge in [0.2, 0.25) is 5.91 Å². The van der Waals surface area contributed by atoms with Gasteiger partial charge < -0.3 is 15.4 Å². The van der Waals surface area contributed by atoms with Crippen LogP contribution in [0.25, 0.3) is 0 Å². The Balaban J connectivity index is 2.14. The number of amides is 1. The molecule has 0 aromatic heterocycles. The number of nitrogens with one attached hydrogen (secondary N) is 2. The Labute approximate surface area is 89.6 Å². The van der Waals surface area contributed by atoms with Crippen molar-refractivity contribution in [3.8, 4) is 0 Å². The Hall–Kier alpha value is -1.10. The first-order valence-corrected chi connectivity index (χ1v) is 5.29. The average Bonchev–Trinajstić information content (AvgIpc) is 2.29. The SMILES string of the molecule is COC(=O)CCNC(=O)C1CCNCC1. The third kappa shape index (κ3) is 4.29. The molecule has 1 aliphatic heterocycles. The van der Waals surface area contributed by atoms with E-state index in [9.17, 15) is 9.59 Å². The lowest BCUT2D eigenvalue weighted by Gasteiger charge is -2.21. The number of methoxy groups -OCH3 is 1. The average molecular weight is 214 g/mol. The van der Waals surface area contributed by atoms with Gasteiger partial charge in [0.15, 0.2) is 0 Å². The summed E-state index contributed by atoms with van der Waals surface area (Å²) in [5.41, 5.74) is 0. The highest BCUT2D eigenvalue weighted by molar-refractivity contribution is 5.79. The van der Waals surface area contributed by atoms with Crippen LogP contribution in [0.4, 0.5) is 0 Å². The third-order valence-electron chi connectivity index (χ3n) is 2.57. The van der Waals surface area contributed by atoms with Crippen molar-refractivity contribution >= 4 is 11.9 Å². The van der Waals surface area contributed by atoms with Crippen LogP contribution in [-0.4, -0.2) is 38.6 Å². The molecular weight excluding hydrogens is 196 g/mol. The summed E-state index contributed by atoms with van der Waals surface area (Å²) in [6, 6.07) is 0. The van der Waals surface area contributed by atoms with E-state index in [1.807, 2.05) is 0 Å². The van der Waals surface area contributed by atoms with E-state index in [0.29, 0.717) is 6.54 Å². The number of piperidine rings is 1. The Morgan fingerprint density at radius 2 is 2.07 bits per heavy atom. The van der Waals surface area contributed by atoms with Crippen molar-refractivity contribution in [3.63, 3.8) is 0 Å². The van der Waals surface area contributed by atoms with Gasteiger partial charge in [0.05, 0.1) is 13.5 Å². The standard InChI is InChI=1S/C10H18N2O3/c1-15-9(13)4-7-12-10(14)8-2-5-11-6-3-8/h8,11H,2-7H2,1H3,(H,12,14). The highest BCUT2D eigenvalue weighted by Gasteiger charge is 2.20.